The van der Waals surface area contributed by atoms with E-state index in [4.69, 9.17) is 5.73 Å². The molecule has 1 aromatic carbocycles. The minimum atomic E-state index is 0.556. The molecule has 2 N–H and O–H groups in total. The molecule has 15 heavy (non-hydrogen) atoms. The Morgan fingerprint density at radius 1 is 1.33 bits per heavy atom. The molecular weight excluding hydrogens is 186 g/mol. The topological polar surface area (TPSA) is 43.8 Å². The quantitative estimate of drug-likeness (QED) is 0.806. The van der Waals surface area contributed by atoms with Gasteiger partial charge in [0.15, 0.2) is 0 Å². The highest BCUT2D eigenvalue weighted by molar-refractivity contribution is 5.64. The van der Waals surface area contributed by atoms with E-state index >= 15 is 0 Å². The molecule has 0 atom stereocenters. The van der Waals surface area contributed by atoms with Crippen LogP contribution in [0.5, 0.6) is 0 Å². The maximum atomic E-state index is 5.72. The number of nitrogens with two attached hydrogens (primary N) is 1. The molecule has 78 valence electrons. The SMILES string of the molecule is Cc1cc(-c2ccccc2CN)n(C)n1. The summed E-state index contributed by atoms with van der Waals surface area (Å²) in [6, 6.07) is 10.2. The molecule has 3 nitrogen and oxygen atoms in total. The molecule has 0 aliphatic heterocycles. The van der Waals surface area contributed by atoms with Crippen LogP contribution in [0.15, 0.2) is 30.3 Å². The van der Waals surface area contributed by atoms with Crippen molar-refractivity contribution < 1.29 is 0 Å². The van der Waals surface area contributed by atoms with Gasteiger partial charge in [-0.1, -0.05) is 24.3 Å². The fourth-order valence-corrected chi connectivity index (χ4v) is 1.81. The van der Waals surface area contributed by atoms with Crippen molar-refractivity contribution >= 4 is 0 Å². The van der Waals surface area contributed by atoms with Crippen LogP contribution in [-0.4, -0.2) is 9.78 Å². The van der Waals surface area contributed by atoms with E-state index in [1.807, 2.05) is 30.8 Å². The third kappa shape index (κ3) is 1.78. The van der Waals surface area contributed by atoms with Crippen LogP contribution in [0.4, 0.5) is 0 Å². The van der Waals surface area contributed by atoms with Crippen molar-refractivity contribution in [2.75, 3.05) is 0 Å². The van der Waals surface area contributed by atoms with Crippen molar-refractivity contribution in [1.82, 2.24) is 9.78 Å². The van der Waals surface area contributed by atoms with Gasteiger partial charge in [0.05, 0.1) is 11.4 Å². The average Bonchev–Trinajstić information content (AvgIpc) is 2.57. The lowest BCUT2D eigenvalue weighted by Crippen LogP contribution is -2.01. The van der Waals surface area contributed by atoms with Crippen LogP contribution in [-0.2, 0) is 13.6 Å². The largest absolute Gasteiger partial charge is 0.326 e. The molecule has 2 rings (SSSR count). The molecule has 0 spiro atoms. The van der Waals surface area contributed by atoms with Crippen LogP contribution >= 0.6 is 0 Å². The molecule has 0 amide bonds. The van der Waals surface area contributed by atoms with Crippen molar-refractivity contribution in [1.29, 1.82) is 0 Å². The number of rotatable bonds is 2. The van der Waals surface area contributed by atoms with Crippen LogP contribution in [0.25, 0.3) is 11.3 Å². The predicted octanol–water partition coefficient (Wildman–Crippen LogP) is 1.85. The van der Waals surface area contributed by atoms with Crippen LogP contribution < -0.4 is 5.73 Å². The lowest BCUT2D eigenvalue weighted by atomic mass is 10.0. The smallest absolute Gasteiger partial charge is 0.0684 e. The summed E-state index contributed by atoms with van der Waals surface area (Å²) >= 11 is 0. The highest BCUT2D eigenvalue weighted by Crippen LogP contribution is 2.23. The van der Waals surface area contributed by atoms with E-state index in [9.17, 15) is 0 Å². The number of benzene rings is 1. The summed E-state index contributed by atoms with van der Waals surface area (Å²) in [4.78, 5) is 0. The summed E-state index contributed by atoms with van der Waals surface area (Å²) in [5.74, 6) is 0. The molecule has 0 aliphatic rings. The maximum absolute atomic E-state index is 5.72. The number of nitrogens with zero attached hydrogens (tertiary/aromatic N) is 2. The maximum Gasteiger partial charge on any atom is 0.0684 e. The summed E-state index contributed by atoms with van der Waals surface area (Å²) < 4.78 is 1.89. The standard InChI is InChI=1S/C12H15N3/c1-9-7-12(15(2)14-9)11-6-4-3-5-10(11)8-13/h3-7H,8,13H2,1-2H3. The van der Waals surface area contributed by atoms with Gasteiger partial charge in [-0.25, -0.2) is 0 Å². The summed E-state index contributed by atoms with van der Waals surface area (Å²) in [6.07, 6.45) is 0. The first-order chi connectivity index (χ1) is 7.22. The molecule has 0 aliphatic carbocycles. The lowest BCUT2D eigenvalue weighted by molar-refractivity contribution is 0.763. The van der Waals surface area contributed by atoms with Gasteiger partial charge in [-0.3, -0.25) is 4.68 Å². The Morgan fingerprint density at radius 3 is 2.67 bits per heavy atom. The van der Waals surface area contributed by atoms with Gasteiger partial charge in [-0.2, -0.15) is 5.10 Å². The molecule has 0 unspecified atom stereocenters. The number of aromatic nitrogens is 2. The molecule has 0 fully saturated rings. The summed E-state index contributed by atoms with van der Waals surface area (Å²) in [6.45, 7) is 2.55. The van der Waals surface area contributed by atoms with E-state index in [0.29, 0.717) is 6.54 Å². The molecule has 0 bridgehead atoms. The second kappa shape index (κ2) is 3.87. The Balaban J connectivity index is 2.58. The van der Waals surface area contributed by atoms with Crippen LogP contribution in [0, 0.1) is 6.92 Å². The molecule has 0 saturated heterocycles. The van der Waals surface area contributed by atoms with Gasteiger partial charge in [0, 0.05) is 19.2 Å². The predicted molar refractivity (Wildman–Crippen MR) is 61.3 cm³/mol. The second-order valence-corrected chi connectivity index (χ2v) is 3.66. The summed E-state index contributed by atoms with van der Waals surface area (Å²) in [7, 11) is 1.95. The van der Waals surface area contributed by atoms with Gasteiger partial charge in [0.25, 0.3) is 0 Å². The summed E-state index contributed by atoms with van der Waals surface area (Å²) in [5.41, 5.74) is 10.2. The fourth-order valence-electron chi connectivity index (χ4n) is 1.81. The minimum absolute atomic E-state index is 0.556. The van der Waals surface area contributed by atoms with Gasteiger partial charge in [-0.15, -0.1) is 0 Å². The average molecular weight is 201 g/mol. The Labute approximate surface area is 89.5 Å². The normalized spacial score (nSPS) is 10.6. The van der Waals surface area contributed by atoms with Gasteiger partial charge in [0.2, 0.25) is 0 Å². The lowest BCUT2D eigenvalue weighted by Gasteiger charge is -2.07. The first-order valence-electron chi connectivity index (χ1n) is 5.01. The molecule has 1 heterocycles. The number of hydrogen-bond donors (Lipinski definition) is 1. The monoisotopic (exact) mass is 201 g/mol. The van der Waals surface area contributed by atoms with E-state index in [0.717, 1.165) is 17.0 Å². The third-order valence-electron chi connectivity index (χ3n) is 2.52. The molecule has 1 aromatic heterocycles. The highest BCUT2D eigenvalue weighted by atomic mass is 15.3. The molecule has 2 aromatic rings. The van der Waals surface area contributed by atoms with Crippen molar-refractivity contribution in [2.45, 2.75) is 13.5 Å². The number of aryl methyl sites for hydroxylation is 2. The summed E-state index contributed by atoms with van der Waals surface area (Å²) in [5, 5.41) is 4.34. The Bertz CT molecular complexity index is 471. The first kappa shape index (κ1) is 9.93. The van der Waals surface area contributed by atoms with Gasteiger partial charge < -0.3 is 5.73 Å². The van der Waals surface area contributed by atoms with E-state index in [-0.39, 0.29) is 0 Å². The van der Waals surface area contributed by atoms with E-state index in [1.165, 1.54) is 5.56 Å². The zero-order chi connectivity index (χ0) is 10.8. The van der Waals surface area contributed by atoms with Gasteiger partial charge in [0.1, 0.15) is 0 Å². The van der Waals surface area contributed by atoms with E-state index < -0.39 is 0 Å². The second-order valence-electron chi connectivity index (χ2n) is 3.66. The Morgan fingerprint density at radius 2 is 2.07 bits per heavy atom. The zero-order valence-corrected chi connectivity index (χ0v) is 9.07. The number of hydrogen-bond acceptors (Lipinski definition) is 2. The van der Waals surface area contributed by atoms with E-state index in [1.54, 1.807) is 0 Å². The van der Waals surface area contributed by atoms with Crippen LogP contribution in [0.2, 0.25) is 0 Å². The van der Waals surface area contributed by atoms with Crippen molar-refractivity contribution in [2.24, 2.45) is 12.8 Å². The zero-order valence-electron chi connectivity index (χ0n) is 9.07. The minimum Gasteiger partial charge on any atom is -0.326 e. The Hall–Kier alpha value is -1.61. The van der Waals surface area contributed by atoms with Crippen LogP contribution in [0.1, 0.15) is 11.3 Å². The highest BCUT2D eigenvalue weighted by Gasteiger charge is 2.07. The van der Waals surface area contributed by atoms with Crippen molar-refractivity contribution in [3.8, 4) is 11.3 Å². The van der Waals surface area contributed by atoms with Crippen LogP contribution in [0.3, 0.4) is 0 Å². The fraction of sp³-hybridized carbons (Fsp3) is 0.250. The molecule has 3 heteroatoms. The Kier molecular flexibility index (Phi) is 2.56. The molecule has 0 saturated carbocycles. The molecule has 0 radical (unpaired) electrons. The van der Waals surface area contributed by atoms with Crippen molar-refractivity contribution in [3.05, 3.63) is 41.6 Å². The van der Waals surface area contributed by atoms with Crippen molar-refractivity contribution in [3.63, 3.8) is 0 Å². The van der Waals surface area contributed by atoms with Gasteiger partial charge in [-0.05, 0) is 18.6 Å². The van der Waals surface area contributed by atoms with E-state index in [2.05, 4.69) is 23.3 Å². The first-order valence-corrected chi connectivity index (χ1v) is 5.01. The van der Waals surface area contributed by atoms with Gasteiger partial charge >= 0.3 is 0 Å². The third-order valence-corrected chi connectivity index (χ3v) is 2.52. The molecular formula is C12H15N3.